The largest absolute Gasteiger partial charge is 0.497 e. The summed E-state index contributed by atoms with van der Waals surface area (Å²) in [5, 5.41) is 11.7. The lowest BCUT2D eigenvalue weighted by molar-refractivity contribution is 0.0841. The number of nitrogens with one attached hydrogen (secondary N) is 1. The summed E-state index contributed by atoms with van der Waals surface area (Å²) in [7, 11) is 3.10. The number of nitrogens with zero attached hydrogens (tertiary/aromatic N) is 2. The van der Waals surface area contributed by atoms with Crippen molar-refractivity contribution in [3.05, 3.63) is 18.2 Å². The molecule has 1 aromatic rings. The average molecular weight is 333 g/mol. The van der Waals surface area contributed by atoms with Gasteiger partial charge in [-0.25, -0.2) is 4.79 Å². The van der Waals surface area contributed by atoms with E-state index < -0.39 is 0 Å². The van der Waals surface area contributed by atoms with Crippen LogP contribution in [0.3, 0.4) is 0 Å². The second-order valence-corrected chi connectivity index (χ2v) is 5.49. The number of rotatable bonds is 7. The maximum atomic E-state index is 12.6. The Morgan fingerprint density at radius 1 is 1.46 bits per heavy atom. The highest BCUT2D eigenvalue weighted by molar-refractivity contribution is 5.91. The first-order valence-corrected chi connectivity index (χ1v) is 7.94. The molecule has 0 spiro atoms. The third-order valence-corrected chi connectivity index (χ3v) is 3.88. The number of hydrogen-bond acceptors (Lipinski definition) is 5. The number of ether oxygens (including phenoxy) is 3. The Morgan fingerprint density at radius 2 is 2.29 bits per heavy atom. The van der Waals surface area contributed by atoms with Crippen molar-refractivity contribution in [2.75, 3.05) is 39.2 Å². The summed E-state index contributed by atoms with van der Waals surface area (Å²) < 4.78 is 16.0. The van der Waals surface area contributed by atoms with Gasteiger partial charge in [-0.2, -0.15) is 5.26 Å². The molecule has 1 aromatic carbocycles. The van der Waals surface area contributed by atoms with E-state index in [0.29, 0.717) is 30.3 Å². The van der Waals surface area contributed by atoms with Gasteiger partial charge in [-0.15, -0.1) is 0 Å². The first-order valence-electron chi connectivity index (χ1n) is 7.94. The zero-order chi connectivity index (χ0) is 17.4. The zero-order valence-corrected chi connectivity index (χ0v) is 14.1. The molecule has 0 radical (unpaired) electrons. The summed E-state index contributed by atoms with van der Waals surface area (Å²) in [6.45, 7) is 1.57. The van der Waals surface area contributed by atoms with Gasteiger partial charge in [0.25, 0.3) is 0 Å². The minimum atomic E-state index is -0.274. The number of nitriles is 1. The fourth-order valence-corrected chi connectivity index (χ4v) is 2.59. The molecule has 2 amide bonds. The Labute approximate surface area is 142 Å². The first-order chi connectivity index (χ1) is 11.7. The van der Waals surface area contributed by atoms with Crippen LogP contribution in [0.1, 0.15) is 19.3 Å². The number of carbonyl (C=O) groups is 1. The van der Waals surface area contributed by atoms with Gasteiger partial charge in [0.15, 0.2) is 0 Å². The highest BCUT2D eigenvalue weighted by atomic mass is 16.5. The van der Waals surface area contributed by atoms with Gasteiger partial charge in [0.1, 0.15) is 11.5 Å². The van der Waals surface area contributed by atoms with Crippen LogP contribution >= 0.6 is 0 Å². The van der Waals surface area contributed by atoms with Crippen molar-refractivity contribution in [2.45, 2.75) is 25.4 Å². The summed E-state index contributed by atoms with van der Waals surface area (Å²) in [6.07, 6.45) is 2.25. The number of urea groups is 1. The van der Waals surface area contributed by atoms with Crippen molar-refractivity contribution in [3.63, 3.8) is 0 Å². The van der Waals surface area contributed by atoms with Gasteiger partial charge in [0.2, 0.25) is 0 Å². The lowest BCUT2D eigenvalue weighted by atomic mass is 10.2. The van der Waals surface area contributed by atoms with Crippen LogP contribution in [0.2, 0.25) is 0 Å². The van der Waals surface area contributed by atoms with Crippen molar-refractivity contribution in [1.29, 1.82) is 5.26 Å². The lowest BCUT2D eigenvalue weighted by Crippen LogP contribution is -2.40. The molecule has 0 aromatic heterocycles. The molecule has 1 unspecified atom stereocenters. The molecule has 1 N–H and O–H groups in total. The van der Waals surface area contributed by atoms with E-state index in [-0.39, 0.29) is 18.6 Å². The molecule has 1 aliphatic rings. The average Bonchev–Trinajstić information content (AvgIpc) is 3.11. The molecule has 1 fully saturated rings. The van der Waals surface area contributed by atoms with E-state index in [0.717, 1.165) is 19.4 Å². The molecular weight excluding hydrogens is 310 g/mol. The summed E-state index contributed by atoms with van der Waals surface area (Å²) in [4.78, 5) is 14.2. The van der Waals surface area contributed by atoms with Crippen molar-refractivity contribution < 1.29 is 19.0 Å². The smallest absolute Gasteiger partial charge is 0.322 e. The molecule has 1 saturated heterocycles. The molecule has 1 aliphatic heterocycles. The van der Waals surface area contributed by atoms with Gasteiger partial charge >= 0.3 is 6.03 Å². The predicted molar refractivity (Wildman–Crippen MR) is 89.3 cm³/mol. The zero-order valence-electron chi connectivity index (χ0n) is 14.1. The molecule has 0 bridgehead atoms. The van der Waals surface area contributed by atoms with Crippen LogP contribution in [0.15, 0.2) is 18.2 Å². The Kier molecular flexibility index (Phi) is 6.70. The van der Waals surface area contributed by atoms with Gasteiger partial charge in [0, 0.05) is 25.8 Å². The van der Waals surface area contributed by atoms with E-state index >= 15 is 0 Å². The van der Waals surface area contributed by atoms with Crippen LogP contribution in [-0.2, 0) is 4.74 Å². The summed E-state index contributed by atoms with van der Waals surface area (Å²) in [5.74, 6) is 1.16. The first kappa shape index (κ1) is 17.9. The van der Waals surface area contributed by atoms with E-state index in [2.05, 4.69) is 11.4 Å². The van der Waals surface area contributed by atoms with E-state index in [9.17, 15) is 4.79 Å². The van der Waals surface area contributed by atoms with Crippen LogP contribution in [0.5, 0.6) is 11.5 Å². The van der Waals surface area contributed by atoms with E-state index in [1.807, 2.05) is 0 Å². The Morgan fingerprint density at radius 3 is 2.92 bits per heavy atom. The normalized spacial score (nSPS) is 16.3. The van der Waals surface area contributed by atoms with E-state index in [1.54, 1.807) is 30.2 Å². The molecule has 24 heavy (non-hydrogen) atoms. The number of carbonyl (C=O) groups excluding carboxylic acids is 1. The minimum Gasteiger partial charge on any atom is -0.497 e. The number of hydrogen-bond donors (Lipinski definition) is 1. The maximum Gasteiger partial charge on any atom is 0.322 e. The van der Waals surface area contributed by atoms with Crippen molar-refractivity contribution in [2.24, 2.45) is 0 Å². The molecule has 0 saturated carbocycles. The fourth-order valence-electron chi connectivity index (χ4n) is 2.59. The summed E-state index contributed by atoms with van der Waals surface area (Å²) >= 11 is 0. The highest BCUT2D eigenvalue weighted by Gasteiger charge is 2.23. The molecule has 7 nitrogen and oxygen atoms in total. The Balaban J connectivity index is 2.06. The molecule has 130 valence electrons. The molecule has 1 heterocycles. The second-order valence-electron chi connectivity index (χ2n) is 5.49. The molecule has 0 aliphatic carbocycles. The quantitative estimate of drug-likeness (QED) is 0.829. The number of methoxy groups -OCH3 is 2. The molecule has 2 rings (SSSR count). The number of amides is 2. The monoisotopic (exact) mass is 333 g/mol. The Bertz CT molecular complexity index is 594. The van der Waals surface area contributed by atoms with Crippen LogP contribution in [0.4, 0.5) is 10.5 Å². The Hall–Kier alpha value is -2.46. The van der Waals surface area contributed by atoms with E-state index in [1.165, 1.54) is 7.11 Å². The van der Waals surface area contributed by atoms with Crippen LogP contribution in [0.25, 0.3) is 0 Å². The minimum absolute atomic E-state index is 0.0344. The topological polar surface area (TPSA) is 83.8 Å². The lowest BCUT2D eigenvalue weighted by Gasteiger charge is -2.25. The van der Waals surface area contributed by atoms with E-state index in [4.69, 9.17) is 19.5 Å². The SMILES string of the molecule is COc1ccc(NC(=O)N(CCC#N)CC2CCCO2)c(OC)c1. The van der Waals surface area contributed by atoms with Crippen LogP contribution in [0, 0.1) is 11.3 Å². The van der Waals surface area contributed by atoms with Gasteiger partial charge in [0.05, 0.1) is 38.5 Å². The molecule has 1 atom stereocenters. The molecule has 7 heteroatoms. The van der Waals surface area contributed by atoms with Crippen molar-refractivity contribution in [1.82, 2.24) is 4.90 Å². The van der Waals surface area contributed by atoms with Crippen molar-refractivity contribution in [3.8, 4) is 17.6 Å². The second kappa shape index (κ2) is 8.99. The standard InChI is InChI=1S/C17H23N3O4/c1-22-13-6-7-15(16(11-13)23-2)19-17(21)20(9-4-8-18)12-14-5-3-10-24-14/h6-7,11,14H,3-5,9-10,12H2,1-2H3,(H,19,21). The predicted octanol–water partition coefficient (Wildman–Crippen LogP) is 2.63. The van der Waals surface area contributed by atoms with Crippen LogP contribution < -0.4 is 14.8 Å². The van der Waals surface area contributed by atoms with Gasteiger partial charge < -0.3 is 24.4 Å². The number of benzene rings is 1. The highest BCUT2D eigenvalue weighted by Crippen LogP contribution is 2.29. The summed E-state index contributed by atoms with van der Waals surface area (Å²) in [6, 6.07) is 6.98. The van der Waals surface area contributed by atoms with Gasteiger partial charge in [-0.1, -0.05) is 0 Å². The molecular formula is C17H23N3O4. The fraction of sp³-hybridized carbons (Fsp3) is 0.529. The summed E-state index contributed by atoms with van der Waals surface area (Å²) in [5.41, 5.74) is 0.553. The van der Waals surface area contributed by atoms with Gasteiger partial charge in [-0.05, 0) is 25.0 Å². The maximum absolute atomic E-state index is 12.6. The third-order valence-electron chi connectivity index (χ3n) is 3.88. The van der Waals surface area contributed by atoms with Gasteiger partial charge in [-0.3, -0.25) is 0 Å². The third kappa shape index (κ3) is 4.77. The van der Waals surface area contributed by atoms with Crippen molar-refractivity contribution >= 4 is 11.7 Å². The number of anilines is 1. The van der Waals surface area contributed by atoms with Crippen LogP contribution in [-0.4, -0.2) is 51.0 Å².